The molecule has 1 unspecified atom stereocenters. The number of nitrogens with one attached hydrogen (secondary N) is 3. The molecule has 0 bridgehead atoms. The van der Waals surface area contributed by atoms with Gasteiger partial charge >= 0.3 is 0 Å². The van der Waals surface area contributed by atoms with Gasteiger partial charge in [0.05, 0.1) is 5.75 Å². The second-order valence-electron chi connectivity index (χ2n) is 5.45. The van der Waals surface area contributed by atoms with E-state index in [2.05, 4.69) is 34.2 Å². The summed E-state index contributed by atoms with van der Waals surface area (Å²) in [5.74, 6) is 0.931. The molecule has 0 fully saturated rings. The summed E-state index contributed by atoms with van der Waals surface area (Å²) in [6, 6.07) is 0.392. The number of unbranched alkanes of at least 4 members (excludes halogenated alkanes) is 2. The Bertz CT molecular complexity index is 396. The Morgan fingerprint density at radius 1 is 1.14 bits per heavy atom. The molecule has 0 saturated carbocycles. The van der Waals surface area contributed by atoms with Gasteiger partial charge in [0.1, 0.15) is 0 Å². The molecule has 0 spiro atoms. The Balaban J connectivity index is 4.09. The van der Waals surface area contributed by atoms with E-state index in [1.807, 2.05) is 6.92 Å². The fourth-order valence-corrected chi connectivity index (χ4v) is 2.59. The van der Waals surface area contributed by atoms with Crippen molar-refractivity contribution < 1.29 is 8.42 Å². The molecular formula is C15H34N4O2S. The maximum absolute atomic E-state index is 11.3. The zero-order chi connectivity index (χ0) is 16.8. The Morgan fingerprint density at radius 3 is 2.45 bits per heavy atom. The summed E-state index contributed by atoms with van der Waals surface area (Å²) in [5, 5.41) is 6.62. The highest BCUT2D eigenvalue weighted by atomic mass is 32.2. The van der Waals surface area contributed by atoms with Gasteiger partial charge in [-0.25, -0.2) is 13.1 Å². The van der Waals surface area contributed by atoms with Gasteiger partial charge < -0.3 is 10.6 Å². The first kappa shape index (κ1) is 21.2. The van der Waals surface area contributed by atoms with Crippen molar-refractivity contribution in [3.8, 4) is 0 Å². The maximum Gasteiger partial charge on any atom is 0.211 e. The highest BCUT2D eigenvalue weighted by Crippen LogP contribution is 2.02. The van der Waals surface area contributed by atoms with E-state index in [-0.39, 0.29) is 5.75 Å². The first-order valence-electron chi connectivity index (χ1n) is 8.47. The largest absolute Gasteiger partial charge is 0.357 e. The Kier molecular flexibility index (Phi) is 12.2. The molecular weight excluding hydrogens is 300 g/mol. The van der Waals surface area contributed by atoms with Crippen LogP contribution in [0.4, 0.5) is 0 Å². The number of aliphatic imine (C=N–C) groups is 1. The zero-order valence-corrected chi connectivity index (χ0v) is 15.4. The van der Waals surface area contributed by atoms with Crippen LogP contribution in [-0.4, -0.2) is 45.8 Å². The van der Waals surface area contributed by atoms with Crippen LogP contribution in [0.2, 0.25) is 0 Å². The van der Waals surface area contributed by atoms with Gasteiger partial charge in [-0.05, 0) is 33.6 Å². The molecule has 0 aliphatic carbocycles. The first-order valence-corrected chi connectivity index (χ1v) is 10.1. The average molecular weight is 335 g/mol. The van der Waals surface area contributed by atoms with E-state index in [4.69, 9.17) is 0 Å². The Hall–Kier alpha value is -0.820. The molecule has 0 aromatic carbocycles. The number of guanidine groups is 1. The number of nitrogens with zero attached hydrogens (tertiary/aromatic N) is 1. The molecule has 0 aliphatic rings. The molecule has 132 valence electrons. The van der Waals surface area contributed by atoms with Gasteiger partial charge in [-0.15, -0.1) is 0 Å². The number of sulfonamides is 1. The third-order valence-electron chi connectivity index (χ3n) is 3.27. The lowest BCUT2D eigenvalue weighted by atomic mass is 10.1. The van der Waals surface area contributed by atoms with Crippen molar-refractivity contribution in [3.05, 3.63) is 0 Å². The summed E-state index contributed by atoms with van der Waals surface area (Å²) in [7, 11) is -3.09. The zero-order valence-electron chi connectivity index (χ0n) is 14.6. The number of rotatable bonds is 12. The van der Waals surface area contributed by atoms with Crippen molar-refractivity contribution in [1.29, 1.82) is 0 Å². The molecule has 0 radical (unpaired) electrons. The van der Waals surface area contributed by atoms with Crippen LogP contribution in [-0.2, 0) is 10.0 Å². The monoisotopic (exact) mass is 334 g/mol. The average Bonchev–Trinajstić information content (AvgIpc) is 2.47. The summed E-state index contributed by atoms with van der Waals surface area (Å²) >= 11 is 0. The predicted molar refractivity (Wildman–Crippen MR) is 94.8 cm³/mol. The van der Waals surface area contributed by atoms with E-state index in [9.17, 15) is 8.42 Å². The molecule has 0 saturated heterocycles. The van der Waals surface area contributed by atoms with Crippen molar-refractivity contribution in [2.75, 3.05) is 25.4 Å². The number of hydrogen-bond donors (Lipinski definition) is 3. The minimum Gasteiger partial charge on any atom is -0.357 e. The van der Waals surface area contributed by atoms with Crippen LogP contribution in [0.1, 0.15) is 59.8 Å². The molecule has 22 heavy (non-hydrogen) atoms. The van der Waals surface area contributed by atoms with Crippen molar-refractivity contribution >= 4 is 16.0 Å². The van der Waals surface area contributed by atoms with Crippen molar-refractivity contribution in [3.63, 3.8) is 0 Å². The van der Waals surface area contributed by atoms with Gasteiger partial charge in [0.15, 0.2) is 5.96 Å². The van der Waals surface area contributed by atoms with E-state index >= 15 is 0 Å². The predicted octanol–water partition coefficient (Wildman–Crippen LogP) is 1.84. The molecule has 3 N–H and O–H groups in total. The highest BCUT2D eigenvalue weighted by molar-refractivity contribution is 7.89. The van der Waals surface area contributed by atoms with Crippen molar-refractivity contribution in [1.82, 2.24) is 15.4 Å². The van der Waals surface area contributed by atoms with Crippen LogP contribution in [0.25, 0.3) is 0 Å². The SMILES string of the molecule is CCCCCC(C)NC(=NCCCNS(=O)(=O)CC)NCC. The van der Waals surface area contributed by atoms with Gasteiger partial charge in [-0.1, -0.05) is 26.2 Å². The molecule has 0 amide bonds. The standard InChI is InChI=1S/C15H34N4O2S/c1-5-8-9-11-14(4)19-15(16-6-2)17-12-10-13-18-22(20,21)7-3/h14,18H,5-13H2,1-4H3,(H2,16,17,19). The van der Waals surface area contributed by atoms with Crippen LogP contribution >= 0.6 is 0 Å². The van der Waals surface area contributed by atoms with Crippen LogP contribution in [0, 0.1) is 0 Å². The lowest BCUT2D eigenvalue weighted by Gasteiger charge is -2.17. The lowest BCUT2D eigenvalue weighted by Crippen LogP contribution is -2.42. The fourth-order valence-electron chi connectivity index (χ4n) is 1.93. The normalized spacial score (nSPS) is 13.9. The van der Waals surface area contributed by atoms with Gasteiger partial charge in [0, 0.05) is 25.7 Å². The van der Waals surface area contributed by atoms with Crippen LogP contribution in [0.5, 0.6) is 0 Å². The van der Waals surface area contributed by atoms with E-state index in [1.54, 1.807) is 6.92 Å². The Labute approximate surface area is 136 Å². The third-order valence-corrected chi connectivity index (χ3v) is 4.68. The minimum absolute atomic E-state index is 0.121. The van der Waals surface area contributed by atoms with E-state index < -0.39 is 10.0 Å². The van der Waals surface area contributed by atoms with E-state index in [0.717, 1.165) is 18.9 Å². The topological polar surface area (TPSA) is 82.6 Å². The first-order chi connectivity index (χ1) is 10.4. The van der Waals surface area contributed by atoms with Crippen LogP contribution in [0.3, 0.4) is 0 Å². The molecule has 0 rings (SSSR count). The van der Waals surface area contributed by atoms with Crippen molar-refractivity contribution in [2.45, 2.75) is 65.8 Å². The van der Waals surface area contributed by atoms with E-state index in [1.165, 1.54) is 19.3 Å². The van der Waals surface area contributed by atoms with Gasteiger partial charge in [-0.3, -0.25) is 4.99 Å². The molecule has 6 nitrogen and oxygen atoms in total. The summed E-state index contributed by atoms with van der Waals surface area (Å²) in [6.45, 7) is 9.89. The number of hydrogen-bond acceptors (Lipinski definition) is 3. The molecule has 0 aliphatic heterocycles. The van der Waals surface area contributed by atoms with Crippen LogP contribution < -0.4 is 15.4 Å². The second kappa shape index (κ2) is 12.7. The summed E-state index contributed by atoms with van der Waals surface area (Å²) in [6.07, 6.45) is 5.54. The van der Waals surface area contributed by atoms with Crippen LogP contribution in [0.15, 0.2) is 4.99 Å². The minimum atomic E-state index is -3.09. The molecule has 0 heterocycles. The quantitative estimate of drug-likeness (QED) is 0.289. The highest BCUT2D eigenvalue weighted by Gasteiger charge is 2.06. The van der Waals surface area contributed by atoms with Gasteiger partial charge in [-0.2, -0.15) is 0 Å². The molecule has 0 aromatic heterocycles. The summed E-state index contributed by atoms with van der Waals surface area (Å²) in [5.41, 5.74) is 0. The lowest BCUT2D eigenvalue weighted by molar-refractivity contribution is 0.546. The fraction of sp³-hybridized carbons (Fsp3) is 0.933. The smallest absolute Gasteiger partial charge is 0.211 e. The van der Waals surface area contributed by atoms with Gasteiger partial charge in [0.2, 0.25) is 10.0 Å². The Morgan fingerprint density at radius 2 is 1.86 bits per heavy atom. The molecule has 7 heteroatoms. The molecule has 0 aromatic rings. The second-order valence-corrected chi connectivity index (χ2v) is 7.55. The van der Waals surface area contributed by atoms with Gasteiger partial charge in [0.25, 0.3) is 0 Å². The van der Waals surface area contributed by atoms with Crippen molar-refractivity contribution in [2.24, 2.45) is 4.99 Å². The molecule has 1 atom stereocenters. The van der Waals surface area contributed by atoms with E-state index in [0.29, 0.717) is 25.6 Å². The maximum atomic E-state index is 11.3. The summed E-state index contributed by atoms with van der Waals surface area (Å²) < 4.78 is 25.1. The third kappa shape index (κ3) is 11.8. The summed E-state index contributed by atoms with van der Waals surface area (Å²) in [4.78, 5) is 4.49.